The van der Waals surface area contributed by atoms with Gasteiger partial charge in [-0.3, -0.25) is 9.88 Å². The van der Waals surface area contributed by atoms with Crippen molar-refractivity contribution in [1.29, 1.82) is 0 Å². The number of hydrogen-bond acceptors (Lipinski definition) is 4. The van der Waals surface area contributed by atoms with E-state index >= 15 is 0 Å². The lowest BCUT2D eigenvalue weighted by molar-refractivity contribution is 0.231. The van der Waals surface area contributed by atoms with Gasteiger partial charge in [0.1, 0.15) is 0 Å². The number of aryl methyl sites for hydroxylation is 2. The largest absolute Gasteiger partial charge is 0.476 e. The molecule has 116 valence electrons. The van der Waals surface area contributed by atoms with E-state index in [0.29, 0.717) is 11.8 Å². The molecule has 1 atom stereocenters. The van der Waals surface area contributed by atoms with Gasteiger partial charge in [-0.2, -0.15) is 0 Å². The highest BCUT2D eigenvalue weighted by atomic mass is 16.5. The van der Waals surface area contributed by atoms with Gasteiger partial charge in [0.2, 0.25) is 5.88 Å². The van der Waals surface area contributed by atoms with Crippen molar-refractivity contribution in [3.63, 3.8) is 0 Å². The molecule has 1 fully saturated rings. The van der Waals surface area contributed by atoms with E-state index in [-0.39, 0.29) is 0 Å². The molecule has 22 heavy (non-hydrogen) atoms. The number of ether oxygens (including phenoxy) is 1. The van der Waals surface area contributed by atoms with Crippen LogP contribution in [-0.4, -0.2) is 34.6 Å². The van der Waals surface area contributed by atoms with Crippen LogP contribution in [0.4, 0.5) is 0 Å². The molecule has 2 aromatic rings. The zero-order valence-electron chi connectivity index (χ0n) is 13.3. The number of benzene rings is 1. The third kappa shape index (κ3) is 3.83. The Kier molecular flexibility index (Phi) is 4.68. The van der Waals surface area contributed by atoms with Crippen molar-refractivity contribution in [2.75, 3.05) is 19.7 Å². The minimum absolute atomic E-state index is 0.576. The summed E-state index contributed by atoms with van der Waals surface area (Å²) in [5, 5.41) is 0. The van der Waals surface area contributed by atoms with Gasteiger partial charge in [0, 0.05) is 31.4 Å². The van der Waals surface area contributed by atoms with E-state index in [4.69, 9.17) is 4.74 Å². The van der Waals surface area contributed by atoms with Crippen LogP contribution >= 0.6 is 0 Å². The molecule has 3 rings (SSSR count). The smallest absolute Gasteiger partial charge is 0.232 e. The van der Waals surface area contributed by atoms with E-state index < -0.39 is 0 Å². The van der Waals surface area contributed by atoms with Gasteiger partial charge < -0.3 is 4.74 Å². The van der Waals surface area contributed by atoms with Gasteiger partial charge in [-0.05, 0) is 37.9 Å². The molecule has 1 unspecified atom stereocenters. The van der Waals surface area contributed by atoms with Crippen molar-refractivity contribution in [3.05, 3.63) is 53.5 Å². The number of rotatable bonds is 5. The summed E-state index contributed by atoms with van der Waals surface area (Å²) in [5.74, 6) is 1.20. The van der Waals surface area contributed by atoms with Gasteiger partial charge in [0.15, 0.2) is 0 Å². The normalized spacial score (nSPS) is 18.5. The maximum Gasteiger partial charge on any atom is 0.232 e. The Balaban J connectivity index is 1.51. The van der Waals surface area contributed by atoms with Crippen LogP contribution in [-0.2, 0) is 6.54 Å². The van der Waals surface area contributed by atoms with Crippen molar-refractivity contribution in [2.24, 2.45) is 5.92 Å². The van der Waals surface area contributed by atoms with Crippen LogP contribution in [0.2, 0.25) is 0 Å². The Morgan fingerprint density at radius 2 is 2.18 bits per heavy atom. The first kappa shape index (κ1) is 15.0. The number of aromatic nitrogens is 2. The first-order chi connectivity index (χ1) is 10.7. The molecule has 0 saturated carbocycles. The van der Waals surface area contributed by atoms with Crippen molar-refractivity contribution >= 4 is 0 Å². The molecule has 0 amide bonds. The Morgan fingerprint density at radius 3 is 3.00 bits per heavy atom. The van der Waals surface area contributed by atoms with Crippen LogP contribution in [0.5, 0.6) is 5.88 Å². The first-order valence-electron chi connectivity index (χ1n) is 7.88. The second kappa shape index (κ2) is 6.88. The second-order valence-electron chi connectivity index (χ2n) is 6.17. The molecule has 1 aliphatic rings. The SMILES string of the molecule is Cc1ccc(C)c(CN2CCC(COc3cnccn3)C2)c1. The Bertz CT molecular complexity index is 615. The van der Waals surface area contributed by atoms with Gasteiger partial charge in [0.25, 0.3) is 0 Å². The minimum atomic E-state index is 0.576. The average molecular weight is 297 g/mol. The summed E-state index contributed by atoms with van der Waals surface area (Å²) in [7, 11) is 0. The standard InChI is InChI=1S/C18H23N3O/c1-14-3-4-15(2)17(9-14)12-21-8-5-16(11-21)13-22-18-10-19-6-7-20-18/h3-4,6-7,9-10,16H,5,8,11-13H2,1-2H3. The molecule has 4 heteroatoms. The van der Waals surface area contributed by atoms with E-state index in [2.05, 4.69) is 46.9 Å². The van der Waals surface area contributed by atoms with Crippen LogP contribution in [0.15, 0.2) is 36.8 Å². The summed E-state index contributed by atoms with van der Waals surface area (Å²) in [6.07, 6.45) is 6.18. The van der Waals surface area contributed by atoms with Crippen LogP contribution in [0, 0.1) is 19.8 Å². The molecule has 1 aliphatic heterocycles. The third-order valence-electron chi connectivity index (χ3n) is 4.27. The molecule has 0 N–H and O–H groups in total. The van der Waals surface area contributed by atoms with Gasteiger partial charge in [-0.25, -0.2) is 4.98 Å². The fourth-order valence-corrected chi connectivity index (χ4v) is 2.97. The fourth-order valence-electron chi connectivity index (χ4n) is 2.97. The van der Waals surface area contributed by atoms with E-state index in [1.807, 2.05) is 0 Å². The molecule has 2 heterocycles. The van der Waals surface area contributed by atoms with Gasteiger partial charge >= 0.3 is 0 Å². The minimum Gasteiger partial charge on any atom is -0.476 e. The maximum atomic E-state index is 5.73. The number of hydrogen-bond donors (Lipinski definition) is 0. The Labute approximate surface area is 132 Å². The predicted octanol–water partition coefficient (Wildman–Crippen LogP) is 2.99. The van der Waals surface area contributed by atoms with Gasteiger partial charge in [-0.15, -0.1) is 0 Å². The topological polar surface area (TPSA) is 38.2 Å². The zero-order chi connectivity index (χ0) is 15.4. The van der Waals surface area contributed by atoms with E-state index in [0.717, 1.165) is 26.2 Å². The Hall–Kier alpha value is -1.94. The molecule has 0 spiro atoms. The van der Waals surface area contributed by atoms with Crippen molar-refractivity contribution < 1.29 is 4.74 Å². The van der Waals surface area contributed by atoms with E-state index in [1.165, 1.54) is 23.1 Å². The maximum absolute atomic E-state index is 5.73. The third-order valence-corrected chi connectivity index (χ3v) is 4.27. The predicted molar refractivity (Wildman–Crippen MR) is 86.8 cm³/mol. The second-order valence-corrected chi connectivity index (χ2v) is 6.17. The molecule has 1 aromatic heterocycles. The van der Waals surface area contributed by atoms with Crippen LogP contribution in [0.1, 0.15) is 23.1 Å². The highest BCUT2D eigenvalue weighted by Gasteiger charge is 2.23. The molecular formula is C18H23N3O. The number of likely N-dealkylation sites (tertiary alicyclic amines) is 1. The summed E-state index contributed by atoms with van der Waals surface area (Å²) in [4.78, 5) is 10.7. The zero-order valence-corrected chi connectivity index (χ0v) is 13.3. The summed E-state index contributed by atoms with van der Waals surface area (Å²) < 4.78 is 5.73. The molecule has 1 aromatic carbocycles. The fraction of sp³-hybridized carbons (Fsp3) is 0.444. The Morgan fingerprint density at radius 1 is 1.27 bits per heavy atom. The summed E-state index contributed by atoms with van der Waals surface area (Å²) in [5.41, 5.74) is 4.16. The lowest BCUT2D eigenvalue weighted by Gasteiger charge is -2.18. The molecule has 0 aliphatic carbocycles. The van der Waals surface area contributed by atoms with Crippen LogP contribution in [0.3, 0.4) is 0 Å². The molecule has 0 radical (unpaired) electrons. The lowest BCUT2D eigenvalue weighted by atomic mass is 10.1. The monoisotopic (exact) mass is 297 g/mol. The molecular weight excluding hydrogens is 274 g/mol. The summed E-state index contributed by atoms with van der Waals surface area (Å²) >= 11 is 0. The van der Waals surface area contributed by atoms with Crippen LogP contribution in [0.25, 0.3) is 0 Å². The first-order valence-corrected chi connectivity index (χ1v) is 7.88. The quantitative estimate of drug-likeness (QED) is 0.850. The van der Waals surface area contributed by atoms with E-state index in [1.54, 1.807) is 18.6 Å². The van der Waals surface area contributed by atoms with Crippen molar-refractivity contribution in [2.45, 2.75) is 26.8 Å². The molecule has 1 saturated heterocycles. The lowest BCUT2D eigenvalue weighted by Crippen LogP contribution is -2.22. The van der Waals surface area contributed by atoms with Gasteiger partial charge in [0.05, 0.1) is 12.8 Å². The van der Waals surface area contributed by atoms with Crippen molar-refractivity contribution in [3.8, 4) is 5.88 Å². The van der Waals surface area contributed by atoms with Crippen LogP contribution < -0.4 is 4.74 Å². The average Bonchev–Trinajstić information content (AvgIpc) is 2.98. The molecule has 4 nitrogen and oxygen atoms in total. The van der Waals surface area contributed by atoms with Crippen molar-refractivity contribution in [1.82, 2.24) is 14.9 Å². The molecule has 0 bridgehead atoms. The van der Waals surface area contributed by atoms with Gasteiger partial charge in [-0.1, -0.05) is 23.8 Å². The highest BCUT2D eigenvalue weighted by Crippen LogP contribution is 2.21. The number of nitrogens with zero attached hydrogens (tertiary/aromatic N) is 3. The summed E-state index contributed by atoms with van der Waals surface area (Å²) in [6, 6.07) is 6.70. The highest BCUT2D eigenvalue weighted by molar-refractivity contribution is 5.30. The van der Waals surface area contributed by atoms with E-state index in [9.17, 15) is 0 Å². The summed E-state index contributed by atoms with van der Waals surface area (Å²) in [6.45, 7) is 8.34.